The zero-order chi connectivity index (χ0) is 13.9. The van der Waals surface area contributed by atoms with Gasteiger partial charge in [-0.2, -0.15) is 0 Å². The van der Waals surface area contributed by atoms with Gasteiger partial charge in [0, 0.05) is 26.2 Å². The number of hydrogen-bond donors (Lipinski definition) is 2. The molecule has 0 aromatic rings. The monoisotopic (exact) mass is 267 g/mol. The fraction of sp³-hybridized carbons (Fsp3) is 0.933. The average molecular weight is 267 g/mol. The first kappa shape index (κ1) is 14.8. The summed E-state index contributed by atoms with van der Waals surface area (Å²) >= 11 is 0. The van der Waals surface area contributed by atoms with Crippen molar-refractivity contribution in [3.05, 3.63) is 0 Å². The van der Waals surface area contributed by atoms with Crippen molar-refractivity contribution in [3.63, 3.8) is 0 Å². The molecule has 0 spiro atoms. The standard InChI is InChI=1S/C15H29N3O/c1-15(2,12-6-4-5-7-12)11-17-14(19)13-10-16-8-9-18(13)3/h12-13,16H,4-11H2,1-3H3,(H,17,19). The fourth-order valence-corrected chi connectivity index (χ4v) is 3.38. The molecule has 2 fully saturated rings. The molecule has 0 bridgehead atoms. The molecule has 19 heavy (non-hydrogen) atoms. The van der Waals surface area contributed by atoms with E-state index in [1.807, 2.05) is 7.05 Å². The van der Waals surface area contributed by atoms with Crippen LogP contribution in [-0.4, -0.2) is 50.1 Å². The van der Waals surface area contributed by atoms with E-state index in [2.05, 4.69) is 29.4 Å². The summed E-state index contributed by atoms with van der Waals surface area (Å²) in [6, 6.07) is -0.00636. The third-order valence-corrected chi connectivity index (χ3v) is 4.99. The largest absolute Gasteiger partial charge is 0.354 e. The first-order valence-corrected chi connectivity index (χ1v) is 7.69. The van der Waals surface area contributed by atoms with E-state index in [-0.39, 0.29) is 17.4 Å². The molecule has 1 amide bonds. The van der Waals surface area contributed by atoms with Crippen molar-refractivity contribution in [2.24, 2.45) is 11.3 Å². The number of nitrogens with zero attached hydrogens (tertiary/aromatic N) is 1. The third-order valence-electron chi connectivity index (χ3n) is 4.99. The van der Waals surface area contributed by atoms with E-state index in [1.54, 1.807) is 0 Å². The van der Waals surface area contributed by atoms with Gasteiger partial charge in [-0.05, 0) is 31.2 Å². The Morgan fingerprint density at radius 2 is 2.05 bits per heavy atom. The Bertz CT molecular complexity index is 311. The number of nitrogens with one attached hydrogen (secondary N) is 2. The van der Waals surface area contributed by atoms with Gasteiger partial charge in [0.25, 0.3) is 0 Å². The lowest BCUT2D eigenvalue weighted by atomic mass is 9.77. The van der Waals surface area contributed by atoms with Gasteiger partial charge in [0.2, 0.25) is 5.91 Å². The van der Waals surface area contributed by atoms with Gasteiger partial charge in [-0.3, -0.25) is 9.69 Å². The van der Waals surface area contributed by atoms with Gasteiger partial charge >= 0.3 is 0 Å². The van der Waals surface area contributed by atoms with E-state index in [1.165, 1.54) is 25.7 Å². The van der Waals surface area contributed by atoms with Gasteiger partial charge in [-0.25, -0.2) is 0 Å². The van der Waals surface area contributed by atoms with Gasteiger partial charge in [0.1, 0.15) is 6.04 Å². The summed E-state index contributed by atoms with van der Waals surface area (Å²) < 4.78 is 0. The number of carbonyl (C=O) groups is 1. The number of hydrogen-bond acceptors (Lipinski definition) is 3. The van der Waals surface area contributed by atoms with Crippen LogP contribution in [-0.2, 0) is 4.79 Å². The first-order valence-electron chi connectivity index (χ1n) is 7.69. The number of rotatable bonds is 4. The van der Waals surface area contributed by atoms with Crippen LogP contribution < -0.4 is 10.6 Å². The van der Waals surface area contributed by atoms with E-state index in [0.29, 0.717) is 0 Å². The molecule has 1 saturated carbocycles. The Balaban J connectivity index is 1.81. The van der Waals surface area contributed by atoms with Crippen LogP contribution in [0.1, 0.15) is 39.5 Å². The molecule has 4 heteroatoms. The molecule has 1 atom stereocenters. The smallest absolute Gasteiger partial charge is 0.238 e. The molecule has 1 heterocycles. The highest BCUT2D eigenvalue weighted by Gasteiger charge is 2.33. The summed E-state index contributed by atoms with van der Waals surface area (Å²) in [5.41, 5.74) is 0.229. The lowest BCUT2D eigenvalue weighted by molar-refractivity contribution is -0.127. The van der Waals surface area contributed by atoms with Crippen molar-refractivity contribution >= 4 is 5.91 Å². The van der Waals surface area contributed by atoms with Crippen LogP contribution in [0.25, 0.3) is 0 Å². The summed E-state index contributed by atoms with van der Waals surface area (Å²) in [6.07, 6.45) is 5.37. The summed E-state index contributed by atoms with van der Waals surface area (Å²) in [4.78, 5) is 14.4. The molecular weight excluding hydrogens is 238 g/mol. The molecule has 0 radical (unpaired) electrons. The molecule has 0 aromatic heterocycles. The molecule has 1 saturated heterocycles. The Morgan fingerprint density at radius 3 is 2.68 bits per heavy atom. The minimum atomic E-state index is -0.00636. The van der Waals surface area contributed by atoms with Crippen molar-refractivity contribution in [2.75, 3.05) is 33.2 Å². The third kappa shape index (κ3) is 3.69. The zero-order valence-electron chi connectivity index (χ0n) is 12.7. The molecule has 110 valence electrons. The average Bonchev–Trinajstić information content (AvgIpc) is 2.91. The highest BCUT2D eigenvalue weighted by Crippen LogP contribution is 2.38. The molecular formula is C15H29N3O. The maximum Gasteiger partial charge on any atom is 0.238 e. The van der Waals surface area contributed by atoms with E-state index in [4.69, 9.17) is 0 Å². The first-order chi connectivity index (χ1) is 9.00. The van der Waals surface area contributed by atoms with Crippen molar-refractivity contribution in [2.45, 2.75) is 45.6 Å². The number of carbonyl (C=O) groups excluding carboxylic acids is 1. The van der Waals surface area contributed by atoms with Gasteiger partial charge in [-0.15, -0.1) is 0 Å². The Hall–Kier alpha value is -0.610. The van der Waals surface area contributed by atoms with Gasteiger partial charge in [-0.1, -0.05) is 26.7 Å². The summed E-state index contributed by atoms with van der Waals surface area (Å²) in [6.45, 7) is 8.10. The molecule has 2 N–H and O–H groups in total. The van der Waals surface area contributed by atoms with Gasteiger partial charge in [0.15, 0.2) is 0 Å². The lowest BCUT2D eigenvalue weighted by Gasteiger charge is -2.35. The summed E-state index contributed by atoms with van der Waals surface area (Å²) in [5, 5.41) is 6.48. The molecule has 2 rings (SSSR count). The maximum absolute atomic E-state index is 12.3. The van der Waals surface area contributed by atoms with Gasteiger partial charge in [0.05, 0.1) is 0 Å². The number of likely N-dealkylation sites (N-methyl/N-ethyl adjacent to an activating group) is 1. The van der Waals surface area contributed by atoms with Crippen LogP contribution in [0.15, 0.2) is 0 Å². The summed E-state index contributed by atoms with van der Waals surface area (Å²) in [7, 11) is 2.03. The van der Waals surface area contributed by atoms with Crippen molar-refractivity contribution in [1.82, 2.24) is 15.5 Å². The van der Waals surface area contributed by atoms with Crippen molar-refractivity contribution in [1.29, 1.82) is 0 Å². The molecule has 4 nitrogen and oxygen atoms in total. The molecule has 0 aromatic carbocycles. The summed E-state index contributed by atoms with van der Waals surface area (Å²) in [5.74, 6) is 0.954. The maximum atomic E-state index is 12.3. The Morgan fingerprint density at radius 1 is 1.37 bits per heavy atom. The Kier molecular flexibility index (Phi) is 4.85. The second kappa shape index (κ2) is 6.23. The van der Waals surface area contributed by atoms with Crippen LogP contribution in [0.2, 0.25) is 0 Å². The fourth-order valence-electron chi connectivity index (χ4n) is 3.38. The number of amides is 1. The minimum Gasteiger partial charge on any atom is -0.354 e. The quantitative estimate of drug-likeness (QED) is 0.805. The molecule has 1 unspecified atom stereocenters. The predicted molar refractivity (Wildman–Crippen MR) is 78.0 cm³/mol. The zero-order valence-corrected chi connectivity index (χ0v) is 12.7. The van der Waals surface area contributed by atoms with E-state index in [0.717, 1.165) is 32.1 Å². The second-order valence-corrected chi connectivity index (χ2v) is 6.89. The van der Waals surface area contributed by atoms with E-state index in [9.17, 15) is 4.79 Å². The molecule has 1 aliphatic heterocycles. The predicted octanol–water partition coefficient (Wildman–Crippen LogP) is 1.22. The van der Waals surface area contributed by atoms with Crippen LogP contribution in [0.4, 0.5) is 0 Å². The highest BCUT2D eigenvalue weighted by molar-refractivity contribution is 5.82. The Labute approximate surface area is 117 Å². The van der Waals surface area contributed by atoms with Crippen LogP contribution >= 0.6 is 0 Å². The van der Waals surface area contributed by atoms with Crippen LogP contribution in [0, 0.1) is 11.3 Å². The van der Waals surface area contributed by atoms with Crippen molar-refractivity contribution in [3.8, 4) is 0 Å². The van der Waals surface area contributed by atoms with Crippen LogP contribution in [0.3, 0.4) is 0 Å². The molecule has 2 aliphatic rings. The van der Waals surface area contributed by atoms with E-state index >= 15 is 0 Å². The second-order valence-electron chi connectivity index (χ2n) is 6.89. The lowest BCUT2D eigenvalue weighted by Crippen LogP contribution is -2.57. The van der Waals surface area contributed by atoms with Gasteiger partial charge < -0.3 is 10.6 Å². The SMILES string of the molecule is CN1CCNCC1C(=O)NCC(C)(C)C1CCCC1. The van der Waals surface area contributed by atoms with E-state index < -0.39 is 0 Å². The normalized spacial score (nSPS) is 26.6. The highest BCUT2D eigenvalue weighted by atomic mass is 16.2. The minimum absolute atomic E-state index is 0.00636. The number of piperazine rings is 1. The topological polar surface area (TPSA) is 44.4 Å². The van der Waals surface area contributed by atoms with Crippen LogP contribution in [0.5, 0.6) is 0 Å². The van der Waals surface area contributed by atoms with Crippen molar-refractivity contribution < 1.29 is 4.79 Å². The molecule has 1 aliphatic carbocycles.